The highest BCUT2D eigenvalue weighted by Gasteiger charge is 2.19. The molecule has 0 amide bonds. The van der Waals surface area contributed by atoms with Crippen LogP contribution in [0.3, 0.4) is 0 Å². The summed E-state index contributed by atoms with van der Waals surface area (Å²) in [6.07, 6.45) is 0.520. The number of aliphatic hydroxyl groups excluding tert-OH is 1. The van der Waals surface area contributed by atoms with Gasteiger partial charge < -0.3 is 15.3 Å². The standard InChI is InChI=1S/C7H16O3/c1-3-7(9,10)5-4-6(2)8/h6,8-10H,3-5H2,1-2H3. The van der Waals surface area contributed by atoms with E-state index in [4.69, 9.17) is 15.3 Å². The van der Waals surface area contributed by atoms with Crippen LogP contribution < -0.4 is 0 Å². The van der Waals surface area contributed by atoms with Gasteiger partial charge in [0.1, 0.15) is 0 Å². The highest BCUT2D eigenvalue weighted by Crippen LogP contribution is 2.13. The fourth-order valence-corrected chi connectivity index (χ4v) is 0.617. The van der Waals surface area contributed by atoms with Gasteiger partial charge in [0, 0.05) is 6.42 Å². The lowest BCUT2D eigenvalue weighted by molar-refractivity contribution is -0.170. The minimum Gasteiger partial charge on any atom is -0.393 e. The van der Waals surface area contributed by atoms with Gasteiger partial charge in [-0.25, -0.2) is 0 Å². The van der Waals surface area contributed by atoms with Crippen molar-refractivity contribution in [1.29, 1.82) is 0 Å². The van der Waals surface area contributed by atoms with Crippen LogP contribution in [-0.4, -0.2) is 27.2 Å². The Labute approximate surface area is 61.3 Å². The van der Waals surface area contributed by atoms with Crippen LogP contribution in [0.2, 0.25) is 0 Å². The van der Waals surface area contributed by atoms with Gasteiger partial charge in [0.05, 0.1) is 6.10 Å². The normalized spacial score (nSPS) is 15.3. The first-order chi connectivity index (χ1) is 4.48. The third kappa shape index (κ3) is 4.73. The van der Waals surface area contributed by atoms with E-state index in [1.54, 1.807) is 13.8 Å². The number of hydrogen-bond donors (Lipinski definition) is 3. The first-order valence-corrected chi connectivity index (χ1v) is 3.61. The van der Waals surface area contributed by atoms with Gasteiger partial charge in [-0.2, -0.15) is 0 Å². The number of hydrogen-bond acceptors (Lipinski definition) is 3. The first-order valence-electron chi connectivity index (χ1n) is 3.61. The molecular weight excluding hydrogens is 132 g/mol. The Morgan fingerprint density at radius 1 is 1.40 bits per heavy atom. The highest BCUT2D eigenvalue weighted by atomic mass is 16.5. The van der Waals surface area contributed by atoms with E-state index >= 15 is 0 Å². The molecule has 0 aliphatic rings. The summed E-state index contributed by atoms with van der Waals surface area (Å²) >= 11 is 0. The number of rotatable bonds is 4. The number of aliphatic hydroxyl groups is 3. The second-order valence-electron chi connectivity index (χ2n) is 2.72. The van der Waals surface area contributed by atoms with E-state index in [2.05, 4.69) is 0 Å². The Hall–Kier alpha value is -0.120. The molecule has 3 N–H and O–H groups in total. The van der Waals surface area contributed by atoms with Crippen LogP contribution in [0.4, 0.5) is 0 Å². The topological polar surface area (TPSA) is 60.7 Å². The van der Waals surface area contributed by atoms with Crippen LogP contribution in [0.1, 0.15) is 33.1 Å². The quantitative estimate of drug-likeness (QED) is 0.500. The van der Waals surface area contributed by atoms with Crippen LogP contribution in [0, 0.1) is 0 Å². The van der Waals surface area contributed by atoms with Gasteiger partial charge >= 0.3 is 0 Å². The molecule has 0 fully saturated rings. The molecule has 0 aliphatic carbocycles. The first kappa shape index (κ1) is 9.88. The van der Waals surface area contributed by atoms with Crippen molar-refractivity contribution in [2.75, 3.05) is 0 Å². The lowest BCUT2D eigenvalue weighted by Crippen LogP contribution is -2.27. The molecule has 0 aromatic carbocycles. The van der Waals surface area contributed by atoms with E-state index in [0.29, 0.717) is 12.8 Å². The maximum absolute atomic E-state index is 9.02. The lowest BCUT2D eigenvalue weighted by Gasteiger charge is -2.19. The summed E-state index contributed by atoms with van der Waals surface area (Å²) in [5, 5.41) is 26.8. The molecule has 62 valence electrons. The fraction of sp³-hybridized carbons (Fsp3) is 1.00. The zero-order valence-corrected chi connectivity index (χ0v) is 6.54. The fourth-order valence-electron chi connectivity index (χ4n) is 0.617. The van der Waals surface area contributed by atoms with Gasteiger partial charge in [-0.15, -0.1) is 0 Å². The maximum atomic E-state index is 9.02. The minimum absolute atomic E-state index is 0.237. The Kier molecular flexibility index (Phi) is 3.86. The molecule has 0 aromatic rings. The van der Waals surface area contributed by atoms with Gasteiger partial charge in [0.15, 0.2) is 5.79 Å². The van der Waals surface area contributed by atoms with Gasteiger partial charge in [-0.05, 0) is 19.8 Å². The molecule has 0 rings (SSSR count). The zero-order valence-electron chi connectivity index (χ0n) is 6.54. The van der Waals surface area contributed by atoms with Crippen LogP contribution in [-0.2, 0) is 0 Å². The van der Waals surface area contributed by atoms with E-state index in [1.807, 2.05) is 0 Å². The zero-order chi connectivity index (χ0) is 8.20. The van der Waals surface area contributed by atoms with Crippen LogP contribution in [0.5, 0.6) is 0 Å². The molecular formula is C7H16O3. The van der Waals surface area contributed by atoms with Crippen LogP contribution in [0.25, 0.3) is 0 Å². The van der Waals surface area contributed by atoms with Crippen molar-refractivity contribution in [2.45, 2.75) is 45.0 Å². The summed E-state index contributed by atoms with van der Waals surface area (Å²) in [5.74, 6) is -1.59. The smallest absolute Gasteiger partial charge is 0.162 e. The minimum atomic E-state index is -1.59. The summed E-state index contributed by atoms with van der Waals surface area (Å²) in [6, 6.07) is 0. The third-order valence-corrected chi connectivity index (χ3v) is 1.53. The molecule has 0 saturated heterocycles. The molecule has 0 heterocycles. The average Bonchev–Trinajstić information content (AvgIpc) is 1.85. The molecule has 0 aliphatic heterocycles. The summed E-state index contributed by atoms with van der Waals surface area (Å²) in [5.41, 5.74) is 0. The summed E-state index contributed by atoms with van der Waals surface area (Å²) in [6.45, 7) is 3.33. The van der Waals surface area contributed by atoms with Crippen molar-refractivity contribution in [2.24, 2.45) is 0 Å². The van der Waals surface area contributed by atoms with Gasteiger partial charge in [0.25, 0.3) is 0 Å². The second-order valence-corrected chi connectivity index (χ2v) is 2.72. The molecule has 1 atom stereocenters. The molecule has 0 aromatic heterocycles. The molecule has 3 heteroatoms. The highest BCUT2D eigenvalue weighted by molar-refractivity contribution is 4.63. The SMILES string of the molecule is CCC(O)(O)CCC(C)O. The van der Waals surface area contributed by atoms with Crippen molar-refractivity contribution >= 4 is 0 Å². The summed E-state index contributed by atoms with van der Waals surface area (Å²) < 4.78 is 0. The lowest BCUT2D eigenvalue weighted by atomic mass is 10.1. The van der Waals surface area contributed by atoms with Crippen LogP contribution in [0.15, 0.2) is 0 Å². The predicted molar refractivity (Wildman–Crippen MR) is 38.4 cm³/mol. The van der Waals surface area contributed by atoms with E-state index in [1.165, 1.54) is 0 Å². The van der Waals surface area contributed by atoms with Gasteiger partial charge in [-0.1, -0.05) is 6.92 Å². The molecule has 1 unspecified atom stereocenters. The monoisotopic (exact) mass is 148 g/mol. The molecule has 0 radical (unpaired) electrons. The second kappa shape index (κ2) is 3.91. The Bertz CT molecular complexity index is 88.9. The molecule has 0 saturated carbocycles. The summed E-state index contributed by atoms with van der Waals surface area (Å²) in [7, 11) is 0. The van der Waals surface area contributed by atoms with E-state index < -0.39 is 11.9 Å². The molecule has 0 spiro atoms. The molecule has 10 heavy (non-hydrogen) atoms. The van der Waals surface area contributed by atoms with Gasteiger partial charge in [-0.3, -0.25) is 0 Å². The van der Waals surface area contributed by atoms with Crippen molar-refractivity contribution in [1.82, 2.24) is 0 Å². The van der Waals surface area contributed by atoms with Crippen LogP contribution >= 0.6 is 0 Å². The van der Waals surface area contributed by atoms with E-state index in [0.717, 1.165) is 0 Å². The largest absolute Gasteiger partial charge is 0.393 e. The average molecular weight is 148 g/mol. The van der Waals surface area contributed by atoms with Crippen molar-refractivity contribution in [3.8, 4) is 0 Å². The van der Waals surface area contributed by atoms with E-state index in [-0.39, 0.29) is 6.42 Å². The van der Waals surface area contributed by atoms with Crippen molar-refractivity contribution in [3.63, 3.8) is 0 Å². The molecule has 0 bridgehead atoms. The third-order valence-electron chi connectivity index (χ3n) is 1.53. The van der Waals surface area contributed by atoms with E-state index in [9.17, 15) is 0 Å². The Morgan fingerprint density at radius 2 is 1.90 bits per heavy atom. The predicted octanol–water partition coefficient (Wildman–Crippen LogP) is 0.238. The molecule has 3 nitrogen and oxygen atoms in total. The van der Waals surface area contributed by atoms with Gasteiger partial charge in [0.2, 0.25) is 0 Å². The van der Waals surface area contributed by atoms with Crippen molar-refractivity contribution in [3.05, 3.63) is 0 Å². The summed E-state index contributed by atoms with van der Waals surface area (Å²) in [4.78, 5) is 0. The Morgan fingerprint density at radius 3 is 2.20 bits per heavy atom. The Balaban J connectivity index is 3.46. The van der Waals surface area contributed by atoms with Crippen molar-refractivity contribution < 1.29 is 15.3 Å². The maximum Gasteiger partial charge on any atom is 0.162 e.